The topological polar surface area (TPSA) is 83.8 Å². The molecule has 2 aliphatic carbocycles. The smallest absolute Gasteiger partial charge is 0.331 e. The number of allylic oxidation sites excluding steroid dienone is 4. The maximum atomic E-state index is 12.1. The summed E-state index contributed by atoms with van der Waals surface area (Å²) in [7, 11) is 0. The fourth-order valence-electron chi connectivity index (χ4n) is 3.30. The highest BCUT2D eigenvalue weighted by Crippen LogP contribution is 2.48. The van der Waals surface area contributed by atoms with Crippen molar-refractivity contribution < 1.29 is 24.5 Å². The molecule has 26 heavy (non-hydrogen) atoms. The molecule has 0 radical (unpaired) electrons. The lowest BCUT2D eigenvalue weighted by Gasteiger charge is -2.45. The van der Waals surface area contributed by atoms with Crippen LogP contribution in [-0.2, 0) is 14.3 Å². The molecule has 0 aromatic carbocycles. The summed E-state index contributed by atoms with van der Waals surface area (Å²) in [4.78, 5) is 23.8. The van der Waals surface area contributed by atoms with E-state index >= 15 is 0 Å². The van der Waals surface area contributed by atoms with E-state index < -0.39 is 29.7 Å². The molecule has 0 spiro atoms. The van der Waals surface area contributed by atoms with E-state index in [1.54, 1.807) is 25.2 Å². The number of ether oxygens (including phenoxy) is 1. The lowest BCUT2D eigenvalue weighted by molar-refractivity contribution is -0.145. The Morgan fingerprint density at radius 2 is 2.08 bits per heavy atom. The minimum Gasteiger partial charge on any atom is -0.455 e. The third-order valence-corrected chi connectivity index (χ3v) is 5.64. The predicted molar refractivity (Wildman–Crippen MR) is 99.1 cm³/mol. The molecule has 0 saturated heterocycles. The number of fused-ring (bicyclic) bond motifs is 1. The zero-order valence-corrected chi connectivity index (χ0v) is 15.8. The van der Waals surface area contributed by atoms with Crippen LogP contribution in [0.15, 0.2) is 48.1 Å². The van der Waals surface area contributed by atoms with E-state index in [1.165, 1.54) is 12.2 Å². The molecule has 5 heteroatoms. The van der Waals surface area contributed by atoms with Crippen LogP contribution in [-0.4, -0.2) is 40.3 Å². The summed E-state index contributed by atoms with van der Waals surface area (Å²) in [5.74, 6) is -0.789. The van der Waals surface area contributed by atoms with E-state index in [0.717, 1.165) is 5.57 Å². The van der Waals surface area contributed by atoms with Gasteiger partial charge in [0.15, 0.2) is 5.78 Å². The number of rotatable bonds is 5. The summed E-state index contributed by atoms with van der Waals surface area (Å²) in [6, 6.07) is 0. The number of carbonyl (C=O) groups is 2. The number of aliphatic hydroxyl groups excluding tert-OH is 2. The molecule has 5 nitrogen and oxygen atoms in total. The Balaban J connectivity index is 2.03. The Morgan fingerprint density at radius 1 is 1.38 bits per heavy atom. The SMILES string of the molecule is CC(O)C(C)C=CC=CC(=O)OC1C=CC2=CC(=O)C(O)CC2(C)C1C. The quantitative estimate of drug-likeness (QED) is 0.447. The van der Waals surface area contributed by atoms with Gasteiger partial charge in [0.2, 0.25) is 0 Å². The van der Waals surface area contributed by atoms with Crippen molar-refractivity contribution in [3.63, 3.8) is 0 Å². The second-order valence-corrected chi connectivity index (χ2v) is 7.53. The van der Waals surface area contributed by atoms with E-state index in [0.29, 0.717) is 6.42 Å². The van der Waals surface area contributed by atoms with Crippen LogP contribution in [0.1, 0.15) is 34.1 Å². The van der Waals surface area contributed by atoms with Gasteiger partial charge >= 0.3 is 5.97 Å². The molecule has 0 aromatic rings. The number of hydrogen-bond donors (Lipinski definition) is 2. The first-order chi connectivity index (χ1) is 12.1. The third-order valence-electron chi connectivity index (χ3n) is 5.64. The molecule has 0 fully saturated rings. The van der Waals surface area contributed by atoms with E-state index in [4.69, 9.17) is 4.74 Å². The van der Waals surface area contributed by atoms with Crippen LogP contribution in [0.3, 0.4) is 0 Å². The van der Waals surface area contributed by atoms with Gasteiger partial charge in [-0.25, -0.2) is 4.79 Å². The molecule has 142 valence electrons. The summed E-state index contributed by atoms with van der Waals surface area (Å²) in [6.07, 6.45) is 10.0. The highest BCUT2D eigenvalue weighted by molar-refractivity contribution is 5.96. The lowest BCUT2D eigenvalue weighted by Crippen LogP contribution is -2.45. The molecule has 0 amide bonds. The predicted octanol–water partition coefficient (Wildman–Crippen LogP) is 2.50. The van der Waals surface area contributed by atoms with Crippen molar-refractivity contribution in [2.24, 2.45) is 17.3 Å². The number of aliphatic hydroxyl groups is 2. The number of carbonyl (C=O) groups excluding carboxylic acids is 2. The maximum absolute atomic E-state index is 12.1. The van der Waals surface area contributed by atoms with Crippen LogP contribution in [0, 0.1) is 17.3 Å². The van der Waals surface area contributed by atoms with Gasteiger partial charge in [-0.3, -0.25) is 4.79 Å². The van der Waals surface area contributed by atoms with Gasteiger partial charge in [0.05, 0.1) is 6.10 Å². The Morgan fingerprint density at radius 3 is 2.73 bits per heavy atom. The fourth-order valence-corrected chi connectivity index (χ4v) is 3.30. The molecule has 0 saturated carbocycles. The minimum absolute atomic E-state index is 0.00238. The van der Waals surface area contributed by atoms with Gasteiger partial charge in [-0.1, -0.05) is 45.1 Å². The Labute approximate surface area is 154 Å². The highest BCUT2D eigenvalue weighted by Gasteiger charge is 2.46. The van der Waals surface area contributed by atoms with Crippen molar-refractivity contribution in [3.8, 4) is 0 Å². The molecule has 6 unspecified atom stereocenters. The normalized spacial score (nSPS) is 33.8. The Hall–Kier alpha value is -1.98. The Kier molecular flexibility index (Phi) is 6.37. The molecule has 0 aromatic heterocycles. The first-order valence-corrected chi connectivity index (χ1v) is 9.01. The number of ketones is 1. The molecule has 0 heterocycles. The van der Waals surface area contributed by atoms with Gasteiger partial charge in [0.1, 0.15) is 12.2 Å². The summed E-state index contributed by atoms with van der Waals surface area (Å²) < 4.78 is 5.54. The number of esters is 1. The summed E-state index contributed by atoms with van der Waals surface area (Å²) in [5.41, 5.74) is 0.460. The molecular formula is C21H28O5. The molecule has 2 N–H and O–H groups in total. The van der Waals surface area contributed by atoms with E-state index in [9.17, 15) is 19.8 Å². The monoisotopic (exact) mass is 360 g/mol. The van der Waals surface area contributed by atoms with Crippen molar-refractivity contribution in [3.05, 3.63) is 48.1 Å². The van der Waals surface area contributed by atoms with E-state index in [1.807, 2.05) is 32.9 Å². The third kappa shape index (κ3) is 4.40. The standard InChI is InChI=1S/C21H28O5/c1-13(15(3)22)7-5-6-8-20(25)26-19-10-9-16-11-17(23)18(24)12-21(16,4)14(19)2/h5-11,13-15,18-19,22,24H,12H2,1-4H3. The van der Waals surface area contributed by atoms with Gasteiger partial charge in [0, 0.05) is 17.4 Å². The zero-order valence-electron chi connectivity index (χ0n) is 15.8. The van der Waals surface area contributed by atoms with E-state index in [-0.39, 0.29) is 17.6 Å². The first kappa shape index (κ1) is 20.3. The summed E-state index contributed by atoms with van der Waals surface area (Å²) in [6.45, 7) is 7.55. The first-order valence-electron chi connectivity index (χ1n) is 9.01. The molecule has 0 bridgehead atoms. The molecule has 0 aliphatic heterocycles. The van der Waals surface area contributed by atoms with Crippen LogP contribution < -0.4 is 0 Å². The number of hydrogen-bond acceptors (Lipinski definition) is 5. The minimum atomic E-state index is -1.00. The lowest BCUT2D eigenvalue weighted by atomic mass is 9.61. The van der Waals surface area contributed by atoms with E-state index in [2.05, 4.69) is 0 Å². The van der Waals surface area contributed by atoms with Crippen LogP contribution in [0.2, 0.25) is 0 Å². The molecule has 6 atom stereocenters. The zero-order chi connectivity index (χ0) is 19.5. The second-order valence-electron chi connectivity index (χ2n) is 7.53. The van der Waals surface area contributed by atoms with Crippen LogP contribution in [0.4, 0.5) is 0 Å². The van der Waals surface area contributed by atoms with Crippen molar-refractivity contribution in [1.82, 2.24) is 0 Å². The second kappa shape index (κ2) is 8.14. The van der Waals surface area contributed by atoms with Crippen LogP contribution >= 0.6 is 0 Å². The average molecular weight is 360 g/mol. The fraction of sp³-hybridized carbons (Fsp3) is 0.524. The molecular weight excluding hydrogens is 332 g/mol. The van der Waals surface area contributed by atoms with Crippen molar-refractivity contribution in [2.45, 2.75) is 52.4 Å². The van der Waals surface area contributed by atoms with Gasteiger partial charge < -0.3 is 14.9 Å². The van der Waals surface area contributed by atoms with Crippen LogP contribution in [0.25, 0.3) is 0 Å². The highest BCUT2D eigenvalue weighted by atomic mass is 16.5. The molecule has 2 aliphatic rings. The molecule has 2 rings (SSSR count). The van der Waals surface area contributed by atoms with Gasteiger partial charge in [0.25, 0.3) is 0 Å². The Bertz CT molecular complexity index is 670. The van der Waals surface area contributed by atoms with Crippen molar-refractivity contribution in [1.29, 1.82) is 0 Å². The largest absolute Gasteiger partial charge is 0.455 e. The van der Waals surface area contributed by atoms with Crippen molar-refractivity contribution in [2.75, 3.05) is 0 Å². The van der Waals surface area contributed by atoms with Gasteiger partial charge in [-0.2, -0.15) is 0 Å². The average Bonchev–Trinajstić information content (AvgIpc) is 2.57. The van der Waals surface area contributed by atoms with Gasteiger partial charge in [-0.05, 0) is 37.0 Å². The summed E-state index contributed by atoms with van der Waals surface area (Å²) >= 11 is 0. The van der Waals surface area contributed by atoms with Crippen molar-refractivity contribution >= 4 is 11.8 Å². The summed E-state index contributed by atoms with van der Waals surface area (Å²) in [5, 5.41) is 19.3. The van der Waals surface area contributed by atoms with Gasteiger partial charge in [-0.15, -0.1) is 0 Å². The van der Waals surface area contributed by atoms with Crippen LogP contribution in [0.5, 0.6) is 0 Å². The maximum Gasteiger partial charge on any atom is 0.331 e.